The summed E-state index contributed by atoms with van der Waals surface area (Å²) in [6.45, 7) is 1.60. The minimum Gasteiger partial charge on any atom is -0.342 e. The zero-order valence-corrected chi connectivity index (χ0v) is 14.8. The number of carbonyl (C=O) groups excluding carboxylic acids is 1. The number of fused-ring (bicyclic) bond motifs is 1. The summed E-state index contributed by atoms with van der Waals surface area (Å²) in [5.74, 6) is 1.62. The monoisotopic (exact) mass is 368 g/mol. The molecule has 1 unspecified atom stereocenters. The molecule has 27 heavy (non-hydrogen) atoms. The van der Waals surface area contributed by atoms with Crippen LogP contribution in [0.5, 0.6) is 0 Å². The molecule has 3 aromatic heterocycles. The first-order chi connectivity index (χ1) is 13.2. The lowest BCUT2D eigenvalue weighted by Gasteiger charge is -2.30. The maximum absolute atomic E-state index is 12.3. The number of carbonyl (C=O) groups is 1. The third-order valence-corrected chi connectivity index (χ3v) is 5.54. The summed E-state index contributed by atoms with van der Waals surface area (Å²) in [4.78, 5) is 30.9. The van der Waals surface area contributed by atoms with Crippen molar-refractivity contribution in [3.63, 3.8) is 0 Å². The predicted molar refractivity (Wildman–Crippen MR) is 94.1 cm³/mol. The second-order valence-corrected chi connectivity index (χ2v) is 7.41. The summed E-state index contributed by atoms with van der Waals surface area (Å²) in [6, 6.07) is 5.36. The molecule has 9 nitrogen and oxygen atoms in total. The third-order valence-electron chi connectivity index (χ3n) is 5.54. The van der Waals surface area contributed by atoms with Crippen molar-refractivity contribution in [1.82, 2.24) is 29.2 Å². The van der Waals surface area contributed by atoms with E-state index >= 15 is 0 Å². The van der Waals surface area contributed by atoms with Gasteiger partial charge in [-0.15, -0.1) is 5.10 Å². The van der Waals surface area contributed by atoms with E-state index in [0.717, 1.165) is 6.54 Å². The van der Waals surface area contributed by atoms with Crippen molar-refractivity contribution in [2.75, 3.05) is 13.1 Å². The molecule has 0 bridgehead atoms. The van der Waals surface area contributed by atoms with Crippen molar-refractivity contribution < 1.29 is 9.32 Å². The highest BCUT2D eigenvalue weighted by Gasteiger charge is 2.35. The van der Waals surface area contributed by atoms with Gasteiger partial charge in [0, 0.05) is 31.6 Å². The van der Waals surface area contributed by atoms with E-state index in [0.29, 0.717) is 36.2 Å². The van der Waals surface area contributed by atoms with Crippen molar-refractivity contribution in [3.05, 3.63) is 46.6 Å². The number of amides is 1. The van der Waals surface area contributed by atoms with Gasteiger partial charge in [0.05, 0.1) is 0 Å². The van der Waals surface area contributed by atoms with Crippen molar-refractivity contribution >= 4 is 11.6 Å². The molecule has 3 aromatic rings. The molecule has 9 heteroatoms. The fourth-order valence-electron chi connectivity index (χ4n) is 3.81. The Bertz CT molecular complexity index is 1050. The Morgan fingerprint density at radius 2 is 2.11 bits per heavy atom. The van der Waals surface area contributed by atoms with Gasteiger partial charge in [0.1, 0.15) is 6.54 Å². The predicted octanol–water partition coefficient (Wildman–Crippen LogP) is 1.04. The number of hydrogen-bond acceptors (Lipinski definition) is 6. The standard InChI is InChI=1S/C18H20N6O3/c25-16-8-13(10-22(16)9-12-4-3-5-12)17-19-15(27-21-17)11-24-18(26)23-7-2-1-6-14(23)20-24/h1-2,6-7,12-13H,3-5,8-11H2. The van der Waals surface area contributed by atoms with Gasteiger partial charge < -0.3 is 9.42 Å². The van der Waals surface area contributed by atoms with Crippen LogP contribution in [0.25, 0.3) is 5.65 Å². The molecule has 0 radical (unpaired) electrons. The third kappa shape index (κ3) is 2.92. The summed E-state index contributed by atoms with van der Waals surface area (Å²) >= 11 is 0. The number of likely N-dealkylation sites (tertiary alicyclic amines) is 1. The molecule has 0 N–H and O–H groups in total. The van der Waals surface area contributed by atoms with Crippen LogP contribution < -0.4 is 5.69 Å². The van der Waals surface area contributed by atoms with Crippen LogP contribution in [-0.4, -0.2) is 48.2 Å². The minimum atomic E-state index is -0.256. The van der Waals surface area contributed by atoms with Gasteiger partial charge in [0.15, 0.2) is 11.5 Å². The lowest BCUT2D eigenvalue weighted by atomic mass is 9.85. The molecule has 4 heterocycles. The molecule has 1 aliphatic carbocycles. The SMILES string of the molecule is O=C1CC(c2noc(Cn3nc4ccccn4c3=O)n2)CN1CC1CCC1. The molecule has 1 amide bonds. The zero-order valence-electron chi connectivity index (χ0n) is 14.8. The van der Waals surface area contributed by atoms with E-state index in [-0.39, 0.29) is 24.1 Å². The van der Waals surface area contributed by atoms with Crippen LogP contribution in [0.1, 0.15) is 43.3 Å². The first-order valence-corrected chi connectivity index (χ1v) is 9.32. The molecular formula is C18H20N6O3. The molecule has 1 aliphatic heterocycles. The van der Waals surface area contributed by atoms with Crippen LogP contribution in [-0.2, 0) is 11.3 Å². The van der Waals surface area contributed by atoms with Crippen molar-refractivity contribution in [1.29, 1.82) is 0 Å². The van der Waals surface area contributed by atoms with E-state index in [9.17, 15) is 9.59 Å². The van der Waals surface area contributed by atoms with Gasteiger partial charge in [0.25, 0.3) is 0 Å². The molecule has 1 saturated heterocycles. The second kappa shape index (κ2) is 6.33. The van der Waals surface area contributed by atoms with E-state index in [1.54, 1.807) is 18.3 Å². The number of pyridine rings is 1. The normalized spacial score (nSPS) is 20.5. The highest BCUT2D eigenvalue weighted by molar-refractivity contribution is 5.79. The lowest BCUT2D eigenvalue weighted by molar-refractivity contribution is -0.128. The lowest BCUT2D eigenvalue weighted by Crippen LogP contribution is -2.33. The summed E-state index contributed by atoms with van der Waals surface area (Å²) in [5, 5.41) is 8.31. The maximum Gasteiger partial charge on any atom is 0.350 e. The fraction of sp³-hybridized carbons (Fsp3) is 0.500. The average molecular weight is 368 g/mol. The Labute approximate surface area is 154 Å². The molecule has 2 fully saturated rings. The van der Waals surface area contributed by atoms with Gasteiger partial charge in [-0.1, -0.05) is 17.6 Å². The topological polar surface area (TPSA) is 98.5 Å². The number of hydrogen-bond donors (Lipinski definition) is 0. The van der Waals surface area contributed by atoms with Crippen molar-refractivity contribution in [3.8, 4) is 0 Å². The largest absolute Gasteiger partial charge is 0.350 e. The van der Waals surface area contributed by atoms with Gasteiger partial charge in [-0.05, 0) is 30.9 Å². The molecule has 140 valence electrons. The number of aromatic nitrogens is 5. The van der Waals surface area contributed by atoms with Crippen LogP contribution in [0.4, 0.5) is 0 Å². The van der Waals surface area contributed by atoms with Gasteiger partial charge in [-0.2, -0.15) is 4.98 Å². The van der Waals surface area contributed by atoms with Crippen molar-refractivity contribution in [2.45, 2.75) is 38.1 Å². The highest BCUT2D eigenvalue weighted by Crippen LogP contribution is 2.32. The van der Waals surface area contributed by atoms with E-state index in [2.05, 4.69) is 15.2 Å². The van der Waals surface area contributed by atoms with Crippen LogP contribution in [0.2, 0.25) is 0 Å². The van der Waals surface area contributed by atoms with Gasteiger partial charge in [-0.3, -0.25) is 9.20 Å². The summed E-state index contributed by atoms with van der Waals surface area (Å²) < 4.78 is 8.08. The molecule has 5 rings (SSSR count). The zero-order chi connectivity index (χ0) is 18.4. The molecule has 0 aromatic carbocycles. The van der Waals surface area contributed by atoms with E-state index < -0.39 is 0 Å². The summed E-state index contributed by atoms with van der Waals surface area (Å²) in [5.41, 5.74) is 0.309. The Hall–Kier alpha value is -2.97. The summed E-state index contributed by atoms with van der Waals surface area (Å²) in [7, 11) is 0. The Morgan fingerprint density at radius 3 is 2.89 bits per heavy atom. The molecule has 1 atom stereocenters. The van der Waals surface area contributed by atoms with E-state index in [4.69, 9.17) is 4.52 Å². The smallest absolute Gasteiger partial charge is 0.342 e. The van der Waals surface area contributed by atoms with E-state index in [1.807, 2.05) is 11.0 Å². The first kappa shape index (κ1) is 16.2. The number of nitrogens with zero attached hydrogens (tertiary/aromatic N) is 6. The Balaban J connectivity index is 1.30. The van der Waals surface area contributed by atoms with Crippen LogP contribution >= 0.6 is 0 Å². The van der Waals surface area contributed by atoms with Gasteiger partial charge in [-0.25, -0.2) is 9.48 Å². The number of rotatable bonds is 5. The van der Waals surface area contributed by atoms with Crippen LogP contribution in [0.3, 0.4) is 0 Å². The van der Waals surface area contributed by atoms with Crippen LogP contribution in [0.15, 0.2) is 33.7 Å². The molecular weight excluding hydrogens is 348 g/mol. The average Bonchev–Trinajstić information content (AvgIpc) is 3.31. The van der Waals surface area contributed by atoms with Crippen molar-refractivity contribution in [2.24, 2.45) is 5.92 Å². The maximum atomic E-state index is 12.3. The second-order valence-electron chi connectivity index (χ2n) is 7.41. The molecule has 1 saturated carbocycles. The highest BCUT2D eigenvalue weighted by atomic mass is 16.5. The van der Waals surface area contributed by atoms with Crippen LogP contribution in [0, 0.1) is 5.92 Å². The molecule has 0 spiro atoms. The Kier molecular flexibility index (Phi) is 3.80. The van der Waals surface area contributed by atoms with Gasteiger partial charge >= 0.3 is 5.69 Å². The minimum absolute atomic E-state index is 0.0483. The fourth-order valence-corrected chi connectivity index (χ4v) is 3.81. The van der Waals surface area contributed by atoms with Gasteiger partial charge in [0.2, 0.25) is 11.8 Å². The Morgan fingerprint density at radius 1 is 1.22 bits per heavy atom. The first-order valence-electron chi connectivity index (χ1n) is 9.32. The van der Waals surface area contributed by atoms with E-state index in [1.165, 1.54) is 28.3 Å². The summed E-state index contributed by atoms with van der Waals surface area (Å²) in [6.07, 6.45) is 5.79. The quantitative estimate of drug-likeness (QED) is 0.667. The molecule has 2 aliphatic rings.